The molecule has 0 saturated heterocycles. The van der Waals surface area contributed by atoms with E-state index in [0.29, 0.717) is 42.8 Å². The van der Waals surface area contributed by atoms with Crippen molar-refractivity contribution in [1.82, 2.24) is 4.72 Å². The van der Waals surface area contributed by atoms with Crippen molar-refractivity contribution >= 4 is 39.0 Å². The van der Waals surface area contributed by atoms with Crippen LogP contribution in [0.25, 0.3) is 0 Å². The van der Waals surface area contributed by atoms with Gasteiger partial charge in [-0.2, -0.15) is 0 Å². The molecule has 2 fully saturated rings. The van der Waals surface area contributed by atoms with Crippen LogP contribution in [0.15, 0.2) is 52.9 Å². The number of rotatable bonds is 3. The number of carbonyl (C=O) groups is 2. The van der Waals surface area contributed by atoms with E-state index in [0.717, 1.165) is 31.4 Å². The van der Waals surface area contributed by atoms with Gasteiger partial charge in [-0.25, -0.2) is 4.21 Å². The van der Waals surface area contributed by atoms with Crippen LogP contribution < -0.4 is 14.4 Å². The Bertz CT molecular complexity index is 1740. The molecule has 266 valence electrons. The summed E-state index contributed by atoms with van der Waals surface area (Å²) >= 11 is 6.46. The molecule has 4 bridgehead atoms. The van der Waals surface area contributed by atoms with Gasteiger partial charge in [0.05, 0.1) is 28.7 Å². The number of hydrogen-bond acceptors (Lipinski definition) is 7. The predicted molar refractivity (Wildman–Crippen MR) is 193 cm³/mol. The zero-order valence-electron chi connectivity index (χ0n) is 29.2. The SMILES string of the molecule is CO[C@@]12/C=C/C[C@H](C)[C@@H](C)S(=O)(NC(=O)C3CC(C)(O)C3)=NC(=O)c3ccc4c(c3)N(Cc3ccc(Cl)cc3CCCCO4)C[C@H](C1)[C@H]2C. The summed E-state index contributed by atoms with van der Waals surface area (Å²) in [5.41, 5.74) is 2.05. The summed E-state index contributed by atoms with van der Waals surface area (Å²) in [6.07, 6.45) is 8.86. The lowest BCUT2D eigenvalue weighted by Crippen LogP contribution is -2.56. The molecule has 49 heavy (non-hydrogen) atoms. The maximum atomic E-state index is 14.7. The van der Waals surface area contributed by atoms with E-state index in [1.54, 1.807) is 33.1 Å². The Morgan fingerprint density at radius 1 is 1.12 bits per heavy atom. The second-order valence-corrected chi connectivity index (χ2v) is 17.8. The Hall–Kier alpha value is -2.92. The van der Waals surface area contributed by atoms with Gasteiger partial charge in [0.25, 0.3) is 5.91 Å². The van der Waals surface area contributed by atoms with Crippen LogP contribution in [0, 0.1) is 23.7 Å². The number of hydrogen-bond donors (Lipinski definition) is 2. The van der Waals surface area contributed by atoms with E-state index in [-0.39, 0.29) is 30.2 Å². The fraction of sp³-hybridized carbons (Fsp3) is 0.579. The zero-order valence-corrected chi connectivity index (χ0v) is 30.8. The van der Waals surface area contributed by atoms with Crippen LogP contribution in [-0.4, -0.2) is 57.8 Å². The summed E-state index contributed by atoms with van der Waals surface area (Å²) < 4.78 is 34.3. The number of anilines is 1. The molecule has 9 nitrogen and oxygen atoms in total. The summed E-state index contributed by atoms with van der Waals surface area (Å²) in [4.78, 5) is 29.6. The van der Waals surface area contributed by atoms with Gasteiger partial charge in [-0.05, 0) is 118 Å². The van der Waals surface area contributed by atoms with E-state index < -0.39 is 44.1 Å². The molecule has 1 unspecified atom stereocenters. The molecule has 2 aliphatic carbocycles. The number of fused-ring (bicyclic) bond motifs is 6. The number of halogens is 1. The van der Waals surface area contributed by atoms with E-state index >= 15 is 0 Å². The maximum absolute atomic E-state index is 14.7. The number of ether oxygens (including phenoxy) is 2. The van der Waals surface area contributed by atoms with Crippen LogP contribution in [0.2, 0.25) is 5.02 Å². The van der Waals surface area contributed by atoms with E-state index in [9.17, 15) is 18.9 Å². The molecule has 11 heteroatoms. The van der Waals surface area contributed by atoms with Gasteiger partial charge in [0.2, 0.25) is 5.91 Å². The van der Waals surface area contributed by atoms with Gasteiger partial charge in [0.15, 0.2) is 0 Å². The number of carbonyl (C=O) groups excluding carboxylic acids is 2. The molecule has 0 radical (unpaired) electrons. The number of nitrogens with one attached hydrogen (secondary N) is 1. The summed E-state index contributed by atoms with van der Waals surface area (Å²) in [6, 6.07) is 11.3. The first-order chi connectivity index (χ1) is 23.2. The standard InChI is InChI=1S/C38H50ClN3O6S/c1-24-9-8-15-38(47-5)21-31(25(38)2)23-42-22-29-11-13-32(39)17-27(29)10-6-7-16-48-34-14-12-28(18-33(34)42)35(43)40-49(46,26(24)3)41-36(44)30-19-37(4,45)20-30/h8,11-15,17-18,24-26,30-31,45H,6-7,9-10,16,19-23H2,1-5H3,(H,40,41,43,44,46)/b15-8+/t24-,25+,26+,30?,31-,37?,38-,49?/m0/s1. The molecule has 2 saturated carbocycles. The molecule has 2 aromatic rings. The Balaban J connectivity index is 1.46. The quantitative estimate of drug-likeness (QED) is 0.333. The van der Waals surface area contributed by atoms with Crippen LogP contribution in [0.3, 0.4) is 0 Å². The van der Waals surface area contributed by atoms with Crippen molar-refractivity contribution in [2.24, 2.45) is 28.0 Å². The van der Waals surface area contributed by atoms with Crippen LogP contribution in [0.1, 0.15) is 87.7 Å². The van der Waals surface area contributed by atoms with Crippen molar-refractivity contribution in [1.29, 1.82) is 0 Å². The molecular weight excluding hydrogens is 662 g/mol. The average molecular weight is 712 g/mol. The zero-order chi connectivity index (χ0) is 35.1. The third-order valence-electron chi connectivity index (χ3n) is 11.5. The van der Waals surface area contributed by atoms with Gasteiger partial charge >= 0.3 is 0 Å². The third kappa shape index (κ3) is 7.43. The molecular formula is C38H50ClN3O6S. The number of nitrogens with zero attached hydrogens (tertiary/aromatic N) is 2. The van der Waals surface area contributed by atoms with Gasteiger partial charge < -0.3 is 19.5 Å². The van der Waals surface area contributed by atoms with Gasteiger partial charge in [0.1, 0.15) is 15.7 Å². The van der Waals surface area contributed by atoms with E-state index in [1.165, 1.54) is 11.1 Å². The molecule has 2 N–H and O–H groups in total. The number of benzene rings is 2. The van der Waals surface area contributed by atoms with Crippen LogP contribution in [0.5, 0.6) is 5.75 Å². The van der Waals surface area contributed by atoms with Gasteiger partial charge in [-0.15, -0.1) is 4.36 Å². The Kier molecular flexibility index (Phi) is 10.3. The molecule has 2 amide bonds. The Morgan fingerprint density at radius 3 is 2.61 bits per heavy atom. The number of methoxy groups -OCH3 is 1. The molecule has 7 rings (SSSR count). The lowest BCUT2D eigenvalue weighted by atomic mass is 9.61. The first-order valence-electron chi connectivity index (χ1n) is 17.6. The van der Waals surface area contributed by atoms with E-state index in [1.807, 2.05) is 19.1 Å². The monoisotopic (exact) mass is 711 g/mol. The summed E-state index contributed by atoms with van der Waals surface area (Å²) in [7, 11) is -1.81. The highest BCUT2D eigenvalue weighted by molar-refractivity contribution is 7.93. The van der Waals surface area contributed by atoms with E-state index in [2.05, 4.69) is 45.2 Å². The van der Waals surface area contributed by atoms with Crippen molar-refractivity contribution in [3.63, 3.8) is 0 Å². The van der Waals surface area contributed by atoms with Crippen molar-refractivity contribution < 1.29 is 28.4 Å². The van der Waals surface area contributed by atoms with Crippen molar-refractivity contribution in [2.75, 3.05) is 25.2 Å². The summed E-state index contributed by atoms with van der Waals surface area (Å²) in [5.74, 6) is -0.585. The Labute approximate surface area is 296 Å². The first kappa shape index (κ1) is 35.9. The highest BCUT2D eigenvalue weighted by atomic mass is 35.5. The van der Waals surface area contributed by atoms with E-state index in [4.69, 9.17) is 21.1 Å². The first-order valence-corrected chi connectivity index (χ1v) is 19.5. The molecule has 2 aromatic carbocycles. The highest BCUT2D eigenvalue weighted by Gasteiger charge is 2.50. The van der Waals surface area contributed by atoms with Gasteiger partial charge in [0, 0.05) is 36.7 Å². The van der Waals surface area contributed by atoms with Crippen molar-refractivity contribution in [2.45, 2.75) is 95.6 Å². The second kappa shape index (κ2) is 14.0. The number of allylic oxidation sites excluding steroid dienone is 1. The maximum Gasteiger partial charge on any atom is 0.286 e. The molecule has 3 aliphatic heterocycles. The highest BCUT2D eigenvalue weighted by Crippen LogP contribution is 2.49. The minimum atomic E-state index is -3.57. The van der Waals surface area contributed by atoms with Gasteiger partial charge in [-0.1, -0.05) is 43.7 Å². The molecule has 5 aliphatic rings. The molecule has 0 aromatic heterocycles. The lowest BCUT2D eigenvalue weighted by molar-refractivity contribution is -0.137. The number of aliphatic hydroxyl groups is 1. The minimum Gasteiger partial charge on any atom is -0.491 e. The second-order valence-electron chi connectivity index (χ2n) is 15.0. The largest absolute Gasteiger partial charge is 0.491 e. The molecule has 6 atom stereocenters. The summed E-state index contributed by atoms with van der Waals surface area (Å²) in [6.45, 7) is 9.47. The van der Waals surface area contributed by atoms with Crippen LogP contribution >= 0.6 is 11.6 Å². The predicted octanol–water partition coefficient (Wildman–Crippen LogP) is 6.89. The Morgan fingerprint density at radius 2 is 1.90 bits per heavy atom. The normalized spacial score (nSPS) is 35.6. The van der Waals surface area contributed by atoms with Crippen molar-refractivity contribution in [3.05, 3.63) is 70.3 Å². The lowest BCUT2D eigenvalue weighted by Gasteiger charge is -2.53. The smallest absolute Gasteiger partial charge is 0.286 e. The minimum absolute atomic E-state index is 0.178. The van der Waals surface area contributed by atoms with Gasteiger partial charge in [-0.3, -0.25) is 14.3 Å². The topological polar surface area (TPSA) is 118 Å². The number of aryl methyl sites for hydroxylation is 1. The average Bonchev–Trinajstić information content (AvgIpc) is 3.08. The molecule has 3 heterocycles. The third-order valence-corrected chi connectivity index (χ3v) is 14.1. The number of amides is 2. The fourth-order valence-corrected chi connectivity index (χ4v) is 10.0. The van der Waals surface area contributed by atoms with Crippen LogP contribution in [-0.2, 0) is 32.4 Å². The van der Waals surface area contributed by atoms with Crippen molar-refractivity contribution in [3.8, 4) is 5.75 Å². The molecule has 0 spiro atoms. The fourth-order valence-electron chi connectivity index (χ4n) is 7.91. The van der Waals surface area contributed by atoms with Crippen LogP contribution in [0.4, 0.5) is 5.69 Å². The summed E-state index contributed by atoms with van der Waals surface area (Å²) in [5, 5.41) is 10.3.